The number of carbonyl (C=O) groups is 2. The van der Waals surface area contributed by atoms with Crippen molar-refractivity contribution in [3.05, 3.63) is 35.9 Å². The lowest BCUT2D eigenvalue weighted by Gasteiger charge is -2.09. The fourth-order valence-corrected chi connectivity index (χ4v) is 2.65. The maximum atomic E-state index is 12.2. The van der Waals surface area contributed by atoms with Crippen LogP contribution in [0.3, 0.4) is 0 Å². The van der Waals surface area contributed by atoms with E-state index in [1.165, 1.54) is 56.4 Å². The largest absolute Gasteiger partial charge is 0.507 e. The number of benzene rings is 1. The summed E-state index contributed by atoms with van der Waals surface area (Å²) in [5, 5.41) is 15.0. The molecule has 8 heteroatoms. The summed E-state index contributed by atoms with van der Waals surface area (Å²) < 4.78 is 36.6. The number of alkyl halides is 3. The highest BCUT2D eigenvalue weighted by Gasteiger charge is 2.37. The number of amides is 2. The molecule has 29 heavy (non-hydrogen) atoms. The average molecular weight is 414 g/mol. The summed E-state index contributed by atoms with van der Waals surface area (Å²) in [4.78, 5) is 22.7. The van der Waals surface area contributed by atoms with E-state index in [1.807, 2.05) is 0 Å². The number of unbranched alkanes of at least 4 members (excludes halogenated alkanes) is 7. The number of allylic oxidation sites excluding steroid dienone is 1. The Hall–Kier alpha value is -2.51. The SMILES string of the molecule is CCCCCCCCCCNC(=O)Nc1ccc(/C(O)=C/C(=O)C(F)(F)F)cc1. The smallest absolute Gasteiger partial charge is 0.454 e. The van der Waals surface area contributed by atoms with Crippen LogP contribution >= 0.6 is 0 Å². The van der Waals surface area contributed by atoms with E-state index >= 15 is 0 Å². The Morgan fingerprint density at radius 2 is 1.52 bits per heavy atom. The lowest BCUT2D eigenvalue weighted by molar-refractivity contribution is -0.165. The third-order valence-corrected chi connectivity index (χ3v) is 4.30. The first kappa shape index (κ1) is 24.5. The Morgan fingerprint density at radius 1 is 0.966 bits per heavy atom. The molecule has 0 spiro atoms. The predicted octanol–water partition coefficient (Wildman–Crippen LogP) is 5.98. The molecule has 0 saturated carbocycles. The standard InChI is InChI=1S/C21H29F3N2O3/c1-2-3-4-5-6-7-8-9-14-25-20(29)26-17-12-10-16(11-13-17)18(27)15-19(28)21(22,23)24/h10-13,15,27H,2-9,14H2,1H3,(H2,25,26,29)/b18-15-. The maximum absolute atomic E-state index is 12.2. The van der Waals surface area contributed by atoms with Crippen LogP contribution in [-0.2, 0) is 4.79 Å². The lowest BCUT2D eigenvalue weighted by Crippen LogP contribution is -2.29. The lowest BCUT2D eigenvalue weighted by atomic mass is 10.1. The highest BCUT2D eigenvalue weighted by Crippen LogP contribution is 2.21. The van der Waals surface area contributed by atoms with Crippen LogP contribution in [0.1, 0.15) is 63.9 Å². The zero-order chi connectivity index (χ0) is 21.7. The van der Waals surface area contributed by atoms with Crippen LogP contribution in [0.25, 0.3) is 5.76 Å². The Morgan fingerprint density at radius 3 is 2.07 bits per heavy atom. The van der Waals surface area contributed by atoms with Gasteiger partial charge in [-0.15, -0.1) is 0 Å². The quantitative estimate of drug-likeness (QED) is 0.224. The number of ketones is 1. The van der Waals surface area contributed by atoms with Gasteiger partial charge < -0.3 is 15.7 Å². The van der Waals surface area contributed by atoms with Gasteiger partial charge in [0.1, 0.15) is 5.76 Å². The minimum atomic E-state index is -5.04. The van der Waals surface area contributed by atoms with Gasteiger partial charge in [-0.05, 0) is 30.7 Å². The first-order valence-electron chi connectivity index (χ1n) is 9.91. The number of hydrogen-bond donors (Lipinski definition) is 3. The van der Waals surface area contributed by atoms with Crippen LogP contribution in [0.15, 0.2) is 30.3 Å². The summed E-state index contributed by atoms with van der Waals surface area (Å²) in [6.45, 7) is 2.74. The van der Waals surface area contributed by atoms with E-state index in [-0.39, 0.29) is 17.7 Å². The Kier molecular flexibility index (Phi) is 10.9. The second-order valence-corrected chi connectivity index (χ2v) is 6.82. The third-order valence-electron chi connectivity index (χ3n) is 4.30. The number of urea groups is 1. The first-order chi connectivity index (χ1) is 13.7. The van der Waals surface area contributed by atoms with Crippen LogP contribution < -0.4 is 10.6 Å². The summed E-state index contributed by atoms with van der Waals surface area (Å²) in [6, 6.07) is 5.08. The van der Waals surface area contributed by atoms with Crippen LogP contribution in [0.5, 0.6) is 0 Å². The second kappa shape index (κ2) is 12.9. The van der Waals surface area contributed by atoms with Crippen molar-refractivity contribution in [2.75, 3.05) is 11.9 Å². The minimum absolute atomic E-state index is 0.0347. The van der Waals surface area contributed by atoms with Crippen molar-refractivity contribution >= 4 is 23.3 Å². The summed E-state index contributed by atoms with van der Waals surface area (Å²) in [7, 11) is 0. The van der Waals surface area contributed by atoms with Gasteiger partial charge in [0.25, 0.3) is 5.78 Å². The molecule has 1 aromatic rings. The molecule has 0 heterocycles. The fraction of sp³-hybridized carbons (Fsp3) is 0.524. The zero-order valence-electron chi connectivity index (χ0n) is 16.6. The molecule has 0 radical (unpaired) electrons. The number of anilines is 1. The van der Waals surface area contributed by atoms with Crippen molar-refractivity contribution in [3.63, 3.8) is 0 Å². The van der Waals surface area contributed by atoms with Gasteiger partial charge in [-0.3, -0.25) is 4.79 Å². The Bertz CT molecular complexity index is 671. The maximum Gasteiger partial charge on any atom is 0.454 e. The van der Waals surface area contributed by atoms with Gasteiger partial charge in [0.05, 0.1) is 0 Å². The van der Waals surface area contributed by atoms with Crippen molar-refractivity contribution in [2.45, 2.75) is 64.5 Å². The molecule has 0 atom stereocenters. The van der Waals surface area contributed by atoms with E-state index in [1.54, 1.807) is 0 Å². The van der Waals surface area contributed by atoms with Crippen molar-refractivity contribution in [1.29, 1.82) is 0 Å². The van der Waals surface area contributed by atoms with Gasteiger partial charge in [-0.25, -0.2) is 4.79 Å². The molecule has 0 fully saturated rings. The van der Waals surface area contributed by atoms with E-state index in [2.05, 4.69) is 17.6 Å². The molecular weight excluding hydrogens is 385 g/mol. The van der Waals surface area contributed by atoms with E-state index in [0.717, 1.165) is 19.3 Å². The highest BCUT2D eigenvalue weighted by molar-refractivity contribution is 5.99. The van der Waals surface area contributed by atoms with Crippen LogP contribution in [0, 0.1) is 0 Å². The summed E-state index contributed by atoms with van der Waals surface area (Å²) in [5.74, 6) is -2.93. The molecular formula is C21H29F3N2O3. The normalized spacial score (nSPS) is 11.9. The molecule has 3 N–H and O–H groups in total. The number of rotatable bonds is 12. The van der Waals surface area contributed by atoms with Crippen LogP contribution in [0.4, 0.5) is 23.7 Å². The molecule has 0 bridgehead atoms. The van der Waals surface area contributed by atoms with Gasteiger partial charge >= 0.3 is 12.2 Å². The van der Waals surface area contributed by atoms with Gasteiger partial charge in [0.15, 0.2) is 0 Å². The van der Waals surface area contributed by atoms with Gasteiger partial charge in [0, 0.05) is 23.9 Å². The molecule has 0 aliphatic rings. The summed E-state index contributed by atoms with van der Waals surface area (Å²) in [5.41, 5.74) is 0.449. The van der Waals surface area contributed by atoms with Gasteiger partial charge in [0.2, 0.25) is 0 Å². The predicted molar refractivity (Wildman–Crippen MR) is 108 cm³/mol. The monoisotopic (exact) mass is 414 g/mol. The minimum Gasteiger partial charge on any atom is -0.507 e. The average Bonchev–Trinajstić information content (AvgIpc) is 2.66. The second-order valence-electron chi connectivity index (χ2n) is 6.82. The molecule has 5 nitrogen and oxygen atoms in total. The number of nitrogens with one attached hydrogen (secondary N) is 2. The van der Waals surface area contributed by atoms with Crippen molar-refractivity contribution in [3.8, 4) is 0 Å². The molecule has 1 aromatic carbocycles. The zero-order valence-corrected chi connectivity index (χ0v) is 16.6. The molecule has 2 amide bonds. The fourth-order valence-electron chi connectivity index (χ4n) is 2.65. The van der Waals surface area contributed by atoms with E-state index < -0.39 is 17.7 Å². The summed E-state index contributed by atoms with van der Waals surface area (Å²) in [6.07, 6.45) is 4.46. The molecule has 0 saturated heterocycles. The number of aliphatic hydroxyl groups excluding tert-OH is 1. The third kappa shape index (κ3) is 10.6. The topological polar surface area (TPSA) is 78.4 Å². The molecule has 0 aliphatic carbocycles. The summed E-state index contributed by atoms with van der Waals surface area (Å²) >= 11 is 0. The van der Waals surface area contributed by atoms with Crippen molar-refractivity contribution < 1.29 is 27.9 Å². The first-order valence-corrected chi connectivity index (χ1v) is 9.91. The number of carbonyl (C=O) groups excluding carboxylic acids is 2. The molecule has 0 aliphatic heterocycles. The van der Waals surface area contributed by atoms with Crippen molar-refractivity contribution in [2.24, 2.45) is 0 Å². The van der Waals surface area contributed by atoms with E-state index in [0.29, 0.717) is 12.2 Å². The number of hydrogen-bond acceptors (Lipinski definition) is 3. The Balaban J connectivity index is 2.31. The van der Waals surface area contributed by atoms with Gasteiger partial charge in [-0.1, -0.05) is 51.9 Å². The van der Waals surface area contributed by atoms with Crippen LogP contribution in [0.2, 0.25) is 0 Å². The van der Waals surface area contributed by atoms with Crippen molar-refractivity contribution in [1.82, 2.24) is 5.32 Å². The highest BCUT2D eigenvalue weighted by atomic mass is 19.4. The Labute approximate surface area is 169 Å². The van der Waals surface area contributed by atoms with E-state index in [9.17, 15) is 27.9 Å². The van der Waals surface area contributed by atoms with Gasteiger partial charge in [-0.2, -0.15) is 13.2 Å². The van der Waals surface area contributed by atoms with Crippen LogP contribution in [-0.4, -0.2) is 29.6 Å². The number of aliphatic hydroxyl groups is 1. The number of halogens is 3. The molecule has 162 valence electrons. The molecule has 0 unspecified atom stereocenters. The van der Waals surface area contributed by atoms with E-state index in [4.69, 9.17) is 0 Å². The molecule has 0 aromatic heterocycles. The molecule has 1 rings (SSSR count).